The Morgan fingerprint density at radius 2 is 1.68 bits per heavy atom. The third-order valence-electron chi connectivity index (χ3n) is 6.61. The molecule has 2 amide bonds. The smallest absolute Gasteiger partial charge is 0.327 e. The maximum atomic E-state index is 13.5. The van der Waals surface area contributed by atoms with E-state index in [1.165, 1.54) is 0 Å². The summed E-state index contributed by atoms with van der Waals surface area (Å²) < 4.78 is 17.2. The summed E-state index contributed by atoms with van der Waals surface area (Å²) in [5.41, 5.74) is 6.08. The van der Waals surface area contributed by atoms with Gasteiger partial charge in [-0.2, -0.15) is 4.98 Å². The number of anilines is 1. The third-order valence-corrected chi connectivity index (χ3v) is 6.61. The number of ether oxygens (including phenoxy) is 2. The molecule has 0 fully saturated rings. The van der Waals surface area contributed by atoms with Crippen LogP contribution >= 0.6 is 0 Å². The maximum Gasteiger partial charge on any atom is 0.327 e. The van der Waals surface area contributed by atoms with E-state index in [0.717, 1.165) is 27.8 Å². The molecular weight excluding hydrogens is 468 g/mol. The standard InChI is InChI=1S/C29H26N4O4/c1-17-7-9-20(10-8-17)26-25(28-31-27(32-37-28)21-6-4-5-18(2)15-21)19(3)33(29(34)30-26)22-11-12-23-24(16-22)36-14-13-35-23/h4-12,15-16,26H,13-14H2,1-3H3,(H,30,34). The molecule has 0 aliphatic carbocycles. The SMILES string of the molecule is CC1=C(c2nc(-c3cccc(C)c3)no2)C(c2ccc(C)cc2)NC(=O)N1c1ccc2c(c1)OCCO2. The molecule has 0 bridgehead atoms. The number of hydrogen-bond acceptors (Lipinski definition) is 6. The fourth-order valence-corrected chi connectivity index (χ4v) is 4.75. The van der Waals surface area contributed by atoms with Crippen molar-refractivity contribution >= 4 is 17.3 Å². The van der Waals surface area contributed by atoms with Gasteiger partial charge in [0.25, 0.3) is 5.89 Å². The fourth-order valence-electron chi connectivity index (χ4n) is 4.75. The van der Waals surface area contributed by atoms with Crippen molar-refractivity contribution in [2.75, 3.05) is 18.1 Å². The van der Waals surface area contributed by atoms with E-state index in [9.17, 15) is 4.79 Å². The minimum absolute atomic E-state index is 0.262. The molecule has 3 heterocycles. The predicted octanol–water partition coefficient (Wildman–Crippen LogP) is 5.83. The average Bonchev–Trinajstić information content (AvgIpc) is 3.39. The molecular formula is C29H26N4O4. The zero-order valence-corrected chi connectivity index (χ0v) is 20.8. The lowest BCUT2D eigenvalue weighted by molar-refractivity contribution is 0.171. The molecule has 0 radical (unpaired) electrons. The summed E-state index contributed by atoms with van der Waals surface area (Å²) in [6.07, 6.45) is 0. The van der Waals surface area contributed by atoms with Crippen LogP contribution in [-0.2, 0) is 0 Å². The summed E-state index contributed by atoms with van der Waals surface area (Å²) in [7, 11) is 0. The number of nitrogens with one attached hydrogen (secondary N) is 1. The molecule has 1 atom stereocenters. The Hall–Kier alpha value is -4.59. The molecule has 0 saturated carbocycles. The van der Waals surface area contributed by atoms with Crippen LogP contribution < -0.4 is 19.7 Å². The lowest BCUT2D eigenvalue weighted by Crippen LogP contribution is -2.46. The lowest BCUT2D eigenvalue weighted by atomic mass is 9.94. The number of urea groups is 1. The van der Waals surface area contributed by atoms with Crippen molar-refractivity contribution in [1.82, 2.24) is 15.5 Å². The Kier molecular flexibility index (Phi) is 5.64. The molecule has 0 saturated heterocycles. The van der Waals surface area contributed by atoms with Gasteiger partial charge in [0.15, 0.2) is 11.5 Å². The zero-order valence-electron chi connectivity index (χ0n) is 20.8. The van der Waals surface area contributed by atoms with Gasteiger partial charge < -0.3 is 19.3 Å². The molecule has 1 aromatic heterocycles. The van der Waals surface area contributed by atoms with Gasteiger partial charge >= 0.3 is 6.03 Å². The van der Waals surface area contributed by atoms with E-state index in [1.54, 1.807) is 4.90 Å². The maximum absolute atomic E-state index is 13.5. The first-order valence-corrected chi connectivity index (χ1v) is 12.2. The van der Waals surface area contributed by atoms with Gasteiger partial charge in [0.05, 0.1) is 17.3 Å². The van der Waals surface area contributed by atoms with Crippen LogP contribution in [0.25, 0.3) is 17.0 Å². The summed E-state index contributed by atoms with van der Waals surface area (Å²) in [5.74, 6) is 2.10. The molecule has 8 heteroatoms. The molecule has 2 aliphatic heterocycles. The highest BCUT2D eigenvalue weighted by Crippen LogP contribution is 2.41. The van der Waals surface area contributed by atoms with Crippen LogP contribution in [-0.4, -0.2) is 29.4 Å². The van der Waals surface area contributed by atoms with E-state index in [-0.39, 0.29) is 6.03 Å². The van der Waals surface area contributed by atoms with Crippen molar-refractivity contribution in [3.05, 3.63) is 95.0 Å². The van der Waals surface area contributed by atoms with Crippen molar-refractivity contribution in [1.29, 1.82) is 0 Å². The lowest BCUT2D eigenvalue weighted by Gasteiger charge is -2.35. The van der Waals surface area contributed by atoms with Gasteiger partial charge in [0.1, 0.15) is 13.2 Å². The first-order valence-electron chi connectivity index (χ1n) is 12.2. The van der Waals surface area contributed by atoms with Gasteiger partial charge in [0.2, 0.25) is 5.82 Å². The van der Waals surface area contributed by atoms with Gasteiger partial charge in [-0.25, -0.2) is 4.79 Å². The largest absolute Gasteiger partial charge is 0.486 e. The number of allylic oxidation sites excluding steroid dienone is 1. The molecule has 37 heavy (non-hydrogen) atoms. The highest BCUT2D eigenvalue weighted by molar-refractivity contribution is 6.01. The van der Waals surface area contributed by atoms with E-state index in [1.807, 2.05) is 87.5 Å². The highest BCUT2D eigenvalue weighted by atomic mass is 16.6. The Labute approximate surface area is 214 Å². The van der Waals surface area contributed by atoms with Crippen molar-refractivity contribution in [3.8, 4) is 22.9 Å². The molecule has 0 spiro atoms. The molecule has 8 nitrogen and oxygen atoms in total. The predicted molar refractivity (Wildman–Crippen MR) is 139 cm³/mol. The van der Waals surface area contributed by atoms with Gasteiger partial charge in [-0.05, 0) is 44.5 Å². The second-order valence-corrected chi connectivity index (χ2v) is 9.25. The van der Waals surface area contributed by atoms with Crippen LogP contribution in [0, 0.1) is 13.8 Å². The van der Waals surface area contributed by atoms with Crippen LogP contribution in [0.3, 0.4) is 0 Å². The zero-order chi connectivity index (χ0) is 25.5. The molecule has 1 unspecified atom stereocenters. The Morgan fingerprint density at radius 1 is 0.892 bits per heavy atom. The van der Waals surface area contributed by atoms with Crippen molar-refractivity contribution in [3.63, 3.8) is 0 Å². The number of aryl methyl sites for hydroxylation is 2. The molecule has 186 valence electrons. The molecule has 6 rings (SSSR count). The summed E-state index contributed by atoms with van der Waals surface area (Å²) in [6, 6.07) is 20.7. The van der Waals surface area contributed by atoms with Crippen LogP contribution in [0.4, 0.5) is 10.5 Å². The third kappa shape index (κ3) is 4.20. The van der Waals surface area contributed by atoms with Crippen LogP contribution in [0.15, 0.2) is 77.0 Å². The number of amides is 2. The van der Waals surface area contributed by atoms with Crippen molar-refractivity contribution in [2.45, 2.75) is 26.8 Å². The monoisotopic (exact) mass is 494 g/mol. The van der Waals surface area contributed by atoms with E-state index < -0.39 is 6.04 Å². The van der Waals surface area contributed by atoms with Crippen molar-refractivity contribution in [2.24, 2.45) is 0 Å². The van der Waals surface area contributed by atoms with Crippen LogP contribution in [0.5, 0.6) is 11.5 Å². The van der Waals surface area contributed by atoms with Crippen molar-refractivity contribution < 1.29 is 18.8 Å². The van der Waals surface area contributed by atoms with E-state index in [0.29, 0.717) is 47.8 Å². The highest BCUT2D eigenvalue weighted by Gasteiger charge is 2.37. The van der Waals surface area contributed by atoms with E-state index in [4.69, 9.17) is 19.0 Å². The first-order chi connectivity index (χ1) is 18.0. The molecule has 4 aromatic rings. The van der Waals surface area contributed by atoms with Gasteiger partial charge in [-0.3, -0.25) is 4.90 Å². The summed E-state index contributed by atoms with van der Waals surface area (Å²) in [6.45, 7) is 6.90. The number of carbonyl (C=O) groups excluding carboxylic acids is 1. The number of nitrogens with zero attached hydrogens (tertiary/aromatic N) is 3. The summed E-state index contributed by atoms with van der Waals surface area (Å²) >= 11 is 0. The first kappa shape index (κ1) is 22.8. The minimum atomic E-state index is -0.465. The number of rotatable bonds is 4. The topological polar surface area (TPSA) is 89.7 Å². The van der Waals surface area contributed by atoms with E-state index >= 15 is 0 Å². The number of hydrogen-bond donors (Lipinski definition) is 1. The quantitative estimate of drug-likeness (QED) is 0.384. The van der Waals surface area contributed by atoms with Crippen LogP contribution in [0.1, 0.15) is 35.5 Å². The number of aromatic nitrogens is 2. The number of benzene rings is 3. The molecule has 3 aromatic carbocycles. The Balaban J connectivity index is 1.48. The Morgan fingerprint density at radius 3 is 2.46 bits per heavy atom. The number of carbonyl (C=O) groups is 1. The number of fused-ring (bicyclic) bond motifs is 1. The van der Waals surface area contributed by atoms with Gasteiger partial charge in [-0.15, -0.1) is 0 Å². The van der Waals surface area contributed by atoms with Gasteiger partial charge in [-0.1, -0.05) is 58.7 Å². The summed E-state index contributed by atoms with van der Waals surface area (Å²) in [4.78, 5) is 19.9. The molecule has 1 N–H and O–H groups in total. The second-order valence-electron chi connectivity index (χ2n) is 9.25. The molecule has 2 aliphatic rings. The van der Waals surface area contributed by atoms with Crippen LogP contribution in [0.2, 0.25) is 0 Å². The Bertz CT molecular complexity index is 1520. The minimum Gasteiger partial charge on any atom is -0.486 e. The second kappa shape index (κ2) is 9.13. The fraction of sp³-hybridized carbons (Fsp3) is 0.207. The van der Waals surface area contributed by atoms with E-state index in [2.05, 4.69) is 10.5 Å². The summed E-state index contributed by atoms with van der Waals surface area (Å²) in [5, 5.41) is 7.41. The normalized spacial score (nSPS) is 17.1. The average molecular weight is 495 g/mol. The van der Waals surface area contributed by atoms with Gasteiger partial charge in [0, 0.05) is 17.3 Å².